The van der Waals surface area contributed by atoms with Crippen molar-refractivity contribution in [2.75, 3.05) is 32.7 Å². The number of aliphatic hydroxyl groups excluding tert-OH is 1. The van der Waals surface area contributed by atoms with E-state index >= 15 is 0 Å². The number of hydrogen-bond acceptors (Lipinski definition) is 3. The molecular weight excluding hydrogens is 192 g/mol. The van der Waals surface area contributed by atoms with E-state index < -0.39 is 0 Å². The average Bonchev–Trinajstić information content (AvgIpc) is 2.17. The van der Waals surface area contributed by atoms with Gasteiger partial charge in [0.1, 0.15) is 0 Å². The van der Waals surface area contributed by atoms with Gasteiger partial charge in [0.05, 0.1) is 12.6 Å². The molecule has 2 heterocycles. The van der Waals surface area contributed by atoms with Gasteiger partial charge < -0.3 is 10.0 Å². The lowest BCUT2D eigenvalue weighted by molar-refractivity contribution is -0.142. The van der Waals surface area contributed by atoms with Crippen molar-refractivity contribution in [2.45, 2.75) is 25.9 Å². The number of piperidine rings is 1. The van der Waals surface area contributed by atoms with Crippen LogP contribution in [0.1, 0.15) is 19.8 Å². The molecule has 1 N–H and O–H groups in total. The third kappa shape index (κ3) is 2.69. The molecule has 2 aliphatic rings. The van der Waals surface area contributed by atoms with Gasteiger partial charge in [-0.3, -0.25) is 9.69 Å². The Kier molecular flexibility index (Phi) is 3.26. The highest BCUT2D eigenvalue weighted by Gasteiger charge is 2.30. The average molecular weight is 212 g/mol. The summed E-state index contributed by atoms with van der Waals surface area (Å²) in [6, 6.07) is 0. The van der Waals surface area contributed by atoms with Crippen molar-refractivity contribution < 1.29 is 9.90 Å². The molecule has 0 atom stereocenters. The Morgan fingerprint density at radius 3 is 2.47 bits per heavy atom. The highest BCUT2D eigenvalue weighted by atomic mass is 16.3. The van der Waals surface area contributed by atoms with Gasteiger partial charge in [-0.25, -0.2) is 0 Å². The third-order valence-electron chi connectivity index (χ3n) is 3.45. The zero-order valence-electron chi connectivity index (χ0n) is 9.35. The Bertz CT molecular complexity index is 231. The van der Waals surface area contributed by atoms with Gasteiger partial charge in [-0.2, -0.15) is 0 Å². The van der Waals surface area contributed by atoms with E-state index in [1.807, 2.05) is 0 Å². The van der Waals surface area contributed by atoms with Crippen LogP contribution in [0.15, 0.2) is 0 Å². The molecule has 2 aliphatic heterocycles. The first kappa shape index (κ1) is 10.9. The van der Waals surface area contributed by atoms with Crippen molar-refractivity contribution in [3.63, 3.8) is 0 Å². The van der Waals surface area contributed by atoms with Crippen LogP contribution in [0.5, 0.6) is 0 Å². The fourth-order valence-corrected chi connectivity index (χ4v) is 2.17. The number of carbonyl (C=O) groups excluding carboxylic acids is 1. The minimum atomic E-state index is -0.282. The standard InChI is InChI=1S/C11H20N2O2/c1-9-2-4-12(5-3-9)8-11(15)13-6-10(14)7-13/h9-10,14H,2-8H2,1H3. The van der Waals surface area contributed by atoms with Crippen molar-refractivity contribution in [2.24, 2.45) is 5.92 Å². The molecule has 0 bridgehead atoms. The molecule has 2 saturated heterocycles. The fourth-order valence-electron chi connectivity index (χ4n) is 2.17. The molecule has 0 aromatic heterocycles. The van der Waals surface area contributed by atoms with E-state index in [9.17, 15) is 4.79 Å². The summed E-state index contributed by atoms with van der Waals surface area (Å²) in [5.41, 5.74) is 0. The number of rotatable bonds is 2. The molecule has 0 saturated carbocycles. The predicted octanol–water partition coefficient (Wildman–Crippen LogP) is -0.0786. The summed E-state index contributed by atoms with van der Waals surface area (Å²) >= 11 is 0. The van der Waals surface area contributed by atoms with Crippen LogP contribution in [0.3, 0.4) is 0 Å². The quantitative estimate of drug-likeness (QED) is 0.696. The number of likely N-dealkylation sites (tertiary alicyclic amines) is 2. The van der Waals surface area contributed by atoms with Gasteiger partial charge in [0, 0.05) is 13.1 Å². The number of carbonyl (C=O) groups is 1. The Labute approximate surface area is 90.9 Å². The van der Waals surface area contributed by atoms with Crippen LogP contribution in [0, 0.1) is 5.92 Å². The minimum absolute atomic E-state index is 0.176. The van der Waals surface area contributed by atoms with Gasteiger partial charge >= 0.3 is 0 Å². The first-order chi connectivity index (χ1) is 7.15. The van der Waals surface area contributed by atoms with Crippen LogP contribution in [0.4, 0.5) is 0 Å². The molecule has 2 fully saturated rings. The molecule has 0 radical (unpaired) electrons. The summed E-state index contributed by atoms with van der Waals surface area (Å²) in [5.74, 6) is 0.983. The second-order valence-corrected chi connectivity index (χ2v) is 4.91. The van der Waals surface area contributed by atoms with Crippen molar-refractivity contribution in [1.29, 1.82) is 0 Å². The maximum Gasteiger partial charge on any atom is 0.236 e. The zero-order chi connectivity index (χ0) is 10.8. The van der Waals surface area contributed by atoms with E-state index in [-0.39, 0.29) is 12.0 Å². The van der Waals surface area contributed by atoms with Crippen LogP contribution in [0.25, 0.3) is 0 Å². The van der Waals surface area contributed by atoms with Crippen LogP contribution in [-0.2, 0) is 4.79 Å². The van der Waals surface area contributed by atoms with E-state index in [0.717, 1.165) is 19.0 Å². The fraction of sp³-hybridized carbons (Fsp3) is 0.909. The summed E-state index contributed by atoms with van der Waals surface area (Å²) in [6.45, 7) is 5.96. The van der Waals surface area contributed by atoms with Gasteiger partial charge in [0.2, 0.25) is 5.91 Å². The molecule has 4 heteroatoms. The second-order valence-electron chi connectivity index (χ2n) is 4.91. The molecule has 86 valence electrons. The Balaban J connectivity index is 1.70. The lowest BCUT2D eigenvalue weighted by atomic mass is 9.99. The third-order valence-corrected chi connectivity index (χ3v) is 3.45. The lowest BCUT2D eigenvalue weighted by Crippen LogP contribution is -2.56. The van der Waals surface area contributed by atoms with Crippen LogP contribution in [-0.4, -0.2) is 59.6 Å². The van der Waals surface area contributed by atoms with Gasteiger partial charge in [-0.05, 0) is 31.8 Å². The highest BCUT2D eigenvalue weighted by molar-refractivity contribution is 5.79. The molecule has 1 amide bonds. The lowest BCUT2D eigenvalue weighted by Gasteiger charge is -2.38. The number of β-amino-alcohol motifs (C(OH)–C–C–N with tert-alkyl or cyclic N) is 1. The van der Waals surface area contributed by atoms with E-state index in [4.69, 9.17) is 5.11 Å². The van der Waals surface area contributed by atoms with Gasteiger partial charge in [-0.1, -0.05) is 6.92 Å². The molecule has 2 rings (SSSR count). The van der Waals surface area contributed by atoms with Crippen molar-refractivity contribution in [3.05, 3.63) is 0 Å². The summed E-state index contributed by atoms with van der Waals surface area (Å²) in [7, 11) is 0. The zero-order valence-corrected chi connectivity index (χ0v) is 9.35. The molecule has 15 heavy (non-hydrogen) atoms. The van der Waals surface area contributed by atoms with E-state index in [1.54, 1.807) is 4.90 Å². The van der Waals surface area contributed by atoms with Crippen LogP contribution >= 0.6 is 0 Å². The smallest absolute Gasteiger partial charge is 0.236 e. The molecule has 0 aromatic rings. The normalized spacial score (nSPS) is 25.3. The van der Waals surface area contributed by atoms with E-state index in [1.165, 1.54) is 12.8 Å². The highest BCUT2D eigenvalue weighted by Crippen LogP contribution is 2.16. The minimum Gasteiger partial charge on any atom is -0.389 e. The molecular formula is C11H20N2O2. The topological polar surface area (TPSA) is 43.8 Å². The number of nitrogens with zero attached hydrogens (tertiary/aromatic N) is 2. The molecule has 4 nitrogen and oxygen atoms in total. The van der Waals surface area contributed by atoms with Gasteiger partial charge in [0.15, 0.2) is 0 Å². The Morgan fingerprint density at radius 1 is 1.33 bits per heavy atom. The van der Waals surface area contributed by atoms with E-state index in [2.05, 4.69) is 11.8 Å². The molecule has 0 unspecified atom stereocenters. The summed E-state index contributed by atoms with van der Waals surface area (Å²) in [4.78, 5) is 15.7. The first-order valence-corrected chi connectivity index (χ1v) is 5.83. The molecule has 0 aromatic carbocycles. The Hall–Kier alpha value is -0.610. The summed E-state index contributed by atoms with van der Waals surface area (Å²) < 4.78 is 0. The van der Waals surface area contributed by atoms with Crippen molar-refractivity contribution >= 4 is 5.91 Å². The SMILES string of the molecule is CC1CCN(CC(=O)N2CC(O)C2)CC1. The predicted molar refractivity (Wildman–Crippen MR) is 57.4 cm³/mol. The number of hydrogen-bond donors (Lipinski definition) is 1. The first-order valence-electron chi connectivity index (χ1n) is 5.83. The second kappa shape index (κ2) is 4.49. The van der Waals surface area contributed by atoms with Gasteiger partial charge in [0.25, 0.3) is 0 Å². The Morgan fingerprint density at radius 2 is 1.93 bits per heavy atom. The molecule has 0 spiro atoms. The maximum absolute atomic E-state index is 11.7. The summed E-state index contributed by atoms with van der Waals surface area (Å²) in [5, 5.41) is 9.10. The largest absolute Gasteiger partial charge is 0.389 e. The van der Waals surface area contributed by atoms with Crippen molar-refractivity contribution in [1.82, 2.24) is 9.80 Å². The van der Waals surface area contributed by atoms with Crippen LogP contribution < -0.4 is 0 Å². The number of aliphatic hydroxyl groups is 1. The maximum atomic E-state index is 11.7. The van der Waals surface area contributed by atoms with Crippen LogP contribution in [0.2, 0.25) is 0 Å². The van der Waals surface area contributed by atoms with Crippen molar-refractivity contribution in [3.8, 4) is 0 Å². The summed E-state index contributed by atoms with van der Waals surface area (Å²) in [6.07, 6.45) is 2.13. The van der Waals surface area contributed by atoms with Gasteiger partial charge in [-0.15, -0.1) is 0 Å². The van der Waals surface area contributed by atoms with E-state index in [0.29, 0.717) is 19.6 Å². The molecule has 0 aliphatic carbocycles. The number of amides is 1. The monoisotopic (exact) mass is 212 g/mol.